The lowest BCUT2D eigenvalue weighted by molar-refractivity contribution is -0.116. The van der Waals surface area contributed by atoms with Crippen LogP contribution in [0, 0.1) is 0 Å². The molecule has 0 aliphatic heterocycles. The molecule has 9 heavy (non-hydrogen) atoms. The van der Waals surface area contributed by atoms with Gasteiger partial charge < -0.3 is 0 Å². The highest BCUT2D eigenvalue weighted by molar-refractivity contribution is 7.67. The van der Waals surface area contributed by atoms with E-state index in [1.807, 2.05) is 0 Å². The quantitative estimate of drug-likeness (QED) is 0.585. The minimum absolute atomic E-state index is 0.205. The van der Waals surface area contributed by atoms with Crippen molar-refractivity contribution >= 4 is 11.0 Å². The van der Waals surface area contributed by atoms with Crippen molar-refractivity contribution in [2.24, 2.45) is 0 Å². The third-order valence-electron chi connectivity index (χ3n) is 1.34. The highest BCUT2D eigenvalue weighted by atomic mass is 32.2. The van der Waals surface area contributed by atoms with Gasteiger partial charge >= 0.3 is 0 Å². The Morgan fingerprint density at radius 3 is 2.11 bits per heavy atom. The molecule has 0 heterocycles. The molecule has 1 aliphatic carbocycles. The molecule has 1 rings (SSSR count). The minimum atomic E-state index is -3.02. The van der Waals surface area contributed by atoms with Crippen molar-refractivity contribution in [2.75, 3.05) is 0 Å². The molecule has 0 N–H and O–H groups in total. The zero-order valence-electron chi connectivity index (χ0n) is 4.67. The first-order valence-corrected chi connectivity index (χ1v) is 3.74. The van der Waals surface area contributed by atoms with E-state index in [4.69, 9.17) is 0 Å². The van der Waals surface area contributed by atoms with Crippen LogP contribution >= 0.6 is 0 Å². The zero-order valence-corrected chi connectivity index (χ0v) is 5.57. The van der Waals surface area contributed by atoms with Gasteiger partial charge in [0.25, 0.3) is 11.0 Å². The van der Waals surface area contributed by atoms with Crippen LogP contribution in [0.3, 0.4) is 0 Å². The molecule has 0 amide bonds. The van der Waals surface area contributed by atoms with Crippen molar-refractivity contribution < 1.29 is 17.0 Å². The first kappa shape index (κ1) is 6.95. The molecule has 0 aromatic carbocycles. The van der Waals surface area contributed by atoms with Crippen LogP contribution in [0.15, 0.2) is 0 Å². The van der Waals surface area contributed by atoms with Gasteiger partial charge in [-0.05, 0) is 6.42 Å². The average Bonchev–Trinajstić information content (AvgIpc) is 1.60. The van der Waals surface area contributed by atoms with Crippen LogP contribution in [0.2, 0.25) is 0 Å². The summed E-state index contributed by atoms with van der Waals surface area (Å²) in [4.78, 5) is 0. The SMILES string of the molecule is O=[SH](=O)OC1(F)CCC1. The Labute approximate surface area is 54.0 Å². The number of rotatable bonds is 2. The summed E-state index contributed by atoms with van der Waals surface area (Å²) in [6.45, 7) is 0. The third-order valence-corrected chi connectivity index (χ3v) is 1.81. The average molecular weight is 154 g/mol. The van der Waals surface area contributed by atoms with Crippen LogP contribution in [-0.4, -0.2) is 14.3 Å². The smallest absolute Gasteiger partial charge is 0.232 e. The maximum absolute atomic E-state index is 12.6. The largest absolute Gasteiger partial charge is 0.260 e. The van der Waals surface area contributed by atoms with Crippen LogP contribution in [0.4, 0.5) is 4.39 Å². The van der Waals surface area contributed by atoms with Gasteiger partial charge in [0, 0.05) is 12.8 Å². The molecule has 0 bridgehead atoms. The standard InChI is InChI=1S/C4H7FO3S/c5-4(2-1-3-4)8-9(6)7/h9H,1-3H2. The van der Waals surface area contributed by atoms with Crippen molar-refractivity contribution in [3.8, 4) is 0 Å². The van der Waals surface area contributed by atoms with Crippen LogP contribution in [0.1, 0.15) is 19.3 Å². The van der Waals surface area contributed by atoms with Gasteiger partial charge in [0.2, 0.25) is 5.85 Å². The molecule has 54 valence electrons. The molecule has 1 aliphatic rings. The molecule has 0 aromatic heterocycles. The lowest BCUT2D eigenvalue weighted by Crippen LogP contribution is -2.34. The summed E-state index contributed by atoms with van der Waals surface area (Å²) < 4.78 is 36.1. The number of thiol groups is 1. The van der Waals surface area contributed by atoms with Crippen molar-refractivity contribution in [1.29, 1.82) is 0 Å². The highest BCUT2D eigenvalue weighted by Crippen LogP contribution is 2.36. The van der Waals surface area contributed by atoms with Gasteiger partial charge in [-0.25, -0.2) is 17.0 Å². The predicted octanol–water partition coefficient (Wildman–Crippen LogP) is 0.379. The second kappa shape index (κ2) is 2.22. The van der Waals surface area contributed by atoms with E-state index < -0.39 is 16.8 Å². The molecule has 3 nitrogen and oxygen atoms in total. The van der Waals surface area contributed by atoms with Crippen molar-refractivity contribution in [3.05, 3.63) is 0 Å². The molecule has 1 saturated carbocycles. The second-order valence-electron chi connectivity index (χ2n) is 2.05. The lowest BCUT2D eigenvalue weighted by Gasteiger charge is -2.30. The molecule has 5 heteroatoms. The first-order valence-electron chi connectivity index (χ1n) is 2.65. The summed E-state index contributed by atoms with van der Waals surface area (Å²) in [5.41, 5.74) is 0. The summed E-state index contributed by atoms with van der Waals surface area (Å²) in [6, 6.07) is 0. The van der Waals surface area contributed by atoms with E-state index >= 15 is 0 Å². The Hall–Kier alpha value is -0.160. The molecular weight excluding hydrogens is 147 g/mol. The Bertz CT molecular complexity index is 165. The van der Waals surface area contributed by atoms with Crippen LogP contribution in [0.5, 0.6) is 0 Å². The molecule has 0 saturated heterocycles. The fourth-order valence-corrected chi connectivity index (χ4v) is 1.13. The second-order valence-corrected chi connectivity index (χ2v) is 2.68. The number of hydrogen-bond acceptors (Lipinski definition) is 3. The Morgan fingerprint density at radius 2 is 2.00 bits per heavy atom. The van der Waals surface area contributed by atoms with Gasteiger partial charge in [0.1, 0.15) is 0 Å². The van der Waals surface area contributed by atoms with Gasteiger partial charge in [-0.2, -0.15) is 0 Å². The van der Waals surface area contributed by atoms with Crippen molar-refractivity contribution in [2.45, 2.75) is 25.1 Å². The maximum atomic E-state index is 12.6. The van der Waals surface area contributed by atoms with E-state index in [-0.39, 0.29) is 12.8 Å². The predicted molar refractivity (Wildman–Crippen MR) is 29.1 cm³/mol. The van der Waals surface area contributed by atoms with E-state index in [0.717, 1.165) is 0 Å². The molecule has 0 atom stereocenters. The summed E-state index contributed by atoms with van der Waals surface area (Å²) in [7, 11) is -3.02. The minimum Gasteiger partial charge on any atom is -0.232 e. The Morgan fingerprint density at radius 1 is 1.44 bits per heavy atom. The fourth-order valence-electron chi connectivity index (χ4n) is 0.680. The Kier molecular flexibility index (Phi) is 1.72. The molecule has 0 spiro atoms. The zero-order chi connectivity index (χ0) is 6.91. The number of alkyl halides is 1. The molecule has 0 aromatic rings. The van der Waals surface area contributed by atoms with Crippen molar-refractivity contribution in [1.82, 2.24) is 0 Å². The van der Waals surface area contributed by atoms with E-state index in [1.54, 1.807) is 0 Å². The summed E-state index contributed by atoms with van der Waals surface area (Å²) >= 11 is 0. The fraction of sp³-hybridized carbons (Fsp3) is 1.00. The summed E-state index contributed by atoms with van der Waals surface area (Å²) in [5, 5.41) is 0. The van der Waals surface area contributed by atoms with E-state index in [9.17, 15) is 12.8 Å². The van der Waals surface area contributed by atoms with Gasteiger partial charge in [-0.1, -0.05) is 0 Å². The molecule has 0 radical (unpaired) electrons. The molecule has 1 fully saturated rings. The monoisotopic (exact) mass is 154 g/mol. The summed E-state index contributed by atoms with van der Waals surface area (Å²) in [6.07, 6.45) is 1.12. The highest BCUT2D eigenvalue weighted by Gasteiger charge is 2.39. The maximum Gasteiger partial charge on any atom is 0.260 e. The van der Waals surface area contributed by atoms with E-state index in [1.165, 1.54) is 0 Å². The van der Waals surface area contributed by atoms with Crippen molar-refractivity contribution in [3.63, 3.8) is 0 Å². The summed E-state index contributed by atoms with van der Waals surface area (Å²) in [5.74, 6) is -1.85. The normalized spacial score (nSPS) is 23.8. The van der Waals surface area contributed by atoms with Crippen LogP contribution < -0.4 is 0 Å². The van der Waals surface area contributed by atoms with Crippen LogP contribution in [-0.2, 0) is 15.2 Å². The molecular formula is C4H7FO3S. The van der Waals surface area contributed by atoms with E-state index in [2.05, 4.69) is 4.18 Å². The van der Waals surface area contributed by atoms with E-state index in [0.29, 0.717) is 6.42 Å². The lowest BCUT2D eigenvalue weighted by atomic mass is 9.94. The first-order chi connectivity index (χ1) is 4.12. The van der Waals surface area contributed by atoms with Gasteiger partial charge in [0.05, 0.1) is 0 Å². The number of hydrogen-bond donors (Lipinski definition) is 1. The van der Waals surface area contributed by atoms with Gasteiger partial charge in [-0.3, -0.25) is 0 Å². The third kappa shape index (κ3) is 1.62. The Balaban J connectivity index is 2.42. The van der Waals surface area contributed by atoms with Gasteiger partial charge in [0.15, 0.2) is 0 Å². The van der Waals surface area contributed by atoms with Gasteiger partial charge in [-0.15, -0.1) is 0 Å². The van der Waals surface area contributed by atoms with Crippen LogP contribution in [0.25, 0.3) is 0 Å². The molecule has 0 unspecified atom stereocenters. The number of halogens is 1. The topological polar surface area (TPSA) is 43.4 Å².